The summed E-state index contributed by atoms with van der Waals surface area (Å²) in [4.78, 5) is 0. The molecule has 2 rings (SSSR count). The monoisotopic (exact) mass is 238 g/mol. The summed E-state index contributed by atoms with van der Waals surface area (Å²) in [6.45, 7) is 2.34. The average Bonchev–Trinajstić information content (AvgIpc) is 2.39. The zero-order valence-corrected chi connectivity index (χ0v) is 10.1. The first-order valence-corrected chi connectivity index (χ1v) is 5.80. The van der Waals surface area contributed by atoms with Gasteiger partial charge in [-0.15, -0.1) is 0 Å². The average molecular weight is 238 g/mol. The number of aliphatic hydroxyl groups excluding tert-OH is 1. The van der Waals surface area contributed by atoms with Gasteiger partial charge in [0.1, 0.15) is 5.75 Å². The molecule has 1 N–H and O–H groups in total. The van der Waals surface area contributed by atoms with E-state index < -0.39 is 12.4 Å². The minimum absolute atomic E-state index is 0.157. The van der Waals surface area contributed by atoms with E-state index in [1.165, 1.54) is 0 Å². The molecule has 94 valence electrons. The maximum absolute atomic E-state index is 9.52. The second-order valence-corrected chi connectivity index (χ2v) is 4.18. The highest BCUT2D eigenvalue weighted by atomic mass is 16.7. The van der Waals surface area contributed by atoms with Crippen LogP contribution in [0.3, 0.4) is 0 Å². The minimum atomic E-state index is -0.473. The molecular weight excluding hydrogens is 220 g/mol. The van der Waals surface area contributed by atoms with Gasteiger partial charge in [0.15, 0.2) is 6.29 Å². The Morgan fingerprint density at radius 3 is 2.65 bits per heavy atom. The van der Waals surface area contributed by atoms with Crippen LogP contribution in [-0.4, -0.2) is 31.0 Å². The third-order valence-electron chi connectivity index (χ3n) is 2.90. The molecule has 0 spiro atoms. The Hall–Kier alpha value is -1.10. The largest absolute Gasteiger partial charge is 0.497 e. The summed E-state index contributed by atoms with van der Waals surface area (Å²) in [5, 5.41) is 9.52. The lowest BCUT2D eigenvalue weighted by Gasteiger charge is -2.32. The van der Waals surface area contributed by atoms with E-state index in [0.717, 1.165) is 17.7 Å². The fourth-order valence-electron chi connectivity index (χ4n) is 1.85. The van der Waals surface area contributed by atoms with E-state index in [-0.39, 0.29) is 6.10 Å². The van der Waals surface area contributed by atoms with Crippen LogP contribution < -0.4 is 4.74 Å². The smallest absolute Gasteiger partial charge is 0.184 e. The van der Waals surface area contributed by atoms with E-state index in [1.54, 1.807) is 14.0 Å². The molecule has 1 fully saturated rings. The molecular formula is C13H18O4. The van der Waals surface area contributed by atoms with Crippen molar-refractivity contribution < 1.29 is 19.3 Å². The number of benzene rings is 1. The van der Waals surface area contributed by atoms with Crippen molar-refractivity contribution in [3.63, 3.8) is 0 Å². The highest BCUT2D eigenvalue weighted by Gasteiger charge is 2.27. The van der Waals surface area contributed by atoms with Crippen molar-refractivity contribution >= 4 is 0 Å². The molecule has 17 heavy (non-hydrogen) atoms. The Morgan fingerprint density at radius 1 is 1.35 bits per heavy atom. The SMILES string of the molecule is COc1ccc([C@H]2OCC[C@@H](C(C)O)O2)cc1. The van der Waals surface area contributed by atoms with E-state index in [4.69, 9.17) is 14.2 Å². The lowest BCUT2D eigenvalue weighted by Crippen LogP contribution is -2.34. The van der Waals surface area contributed by atoms with Gasteiger partial charge in [-0.25, -0.2) is 0 Å². The second-order valence-electron chi connectivity index (χ2n) is 4.18. The molecule has 1 aliphatic heterocycles. The van der Waals surface area contributed by atoms with Crippen LogP contribution in [0.15, 0.2) is 24.3 Å². The molecule has 3 atom stereocenters. The Bertz CT molecular complexity index is 347. The summed E-state index contributed by atoms with van der Waals surface area (Å²) in [6.07, 6.45) is -0.297. The van der Waals surface area contributed by atoms with Gasteiger partial charge < -0.3 is 19.3 Å². The van der Waals surface area contributed by atoms with Gasteiger partial charge in [0.2, 0.25) is 0 Å². The molecule has 1 aromatic carbocycles. The number of hydrogen-bond donors (Lipinski definition) is 1. The number of rotatable bonds is 3. The fourth-order valence-corrected chi connectivity index (χ4v) is 1.85. The van der Waals surface area contributed by atoms with Crippen LogP contribution in [0.25, 0.3) is 0 Å². The Kier molecular flexibility index (Phi) is 3.99. The van der Waals surface area contributed by atoms with Gasteiger partial charge in [-0.1, -0.05) is 12.1 Å². The van der Waals surface area contributed by atoms with Gasteiger partial charge >= 0.3 is 0 Å². The third-order valence-corrected chi connectivity index (χ3v) is 2.90. The molecule has 4 nitrogen and oxygen atoms in total. The summed E-state index contributed by atoms with van der Waals surface area (Å²) in [5.74, 6) is 0.802. The first-order chi connectivity index (χ1) is 8.20. The van der Waals surface area contributed by atoms with E-state index in [0.29, 0.717) is 6.61 Å². The molecule has 0 aliphatic carbocycles. The lowest BCUT2D eigenvalue weighted by molar-refractivity contribution is -0.235. The van der Waals surface area contributed by atoms with Gasteiger partial charge in [0.05, 0.1) is 25.9 Å². The van der Waals surface area contributed by atoms with Crippen molar-refractivity contribution in [1.82, 2.24) is 0 Å². The van der Waals surface area contributed by atoms with Crippen LogP contribution in [0.1, 0.15) is 25.2 Å². The van der Waals surface area contributed by atoms with Crippen LogP contribution in [0.4, 0.5) is 0 Å². The molecule has 1 unspecified atom stereocenters. The summed E-state index contributed by atoms with van der Waals surface area (Å²) in [7, 11) is 1.63. The Labute approximate surface area is 101 Å². The summed E-state index contributed by atoms with van der Waals surface area (Å²) >= 11 is 0. The Balaban J connectivity index is 2.05. The molecule has 1 saturated heterocycles. The standard InChI is InChI=1S/C13H18O4/c1-9(14)12-7-8-16-13(17-12)10-3-5-11(15-2)6-4-10/h3-6,9,12-14H,7-8H2,1-2H3/t9?,12-,13-/m0/s1. The van der Waals surface area contributed by atoms with Crippen LogP contribution in [-0.2, 0) is 9.47 Å². The normalized spacial score (nSPS) is 26.5. The predicted octanol–water partition coefficient (Wildman–Crippen LogP) is 1.88. The van der Waals surface area contributed by atoms with E-state index in [9.17, 15) is 5.11 Å². The minimum Gasteiger partial charge on any atom is -0.497 e. The zero-order chi connectivity index (χ0) is 12.3. The molecule has 1 heterocycles. The summed E-state index contributed by atoms with van der Waals surface area (Å²) in [5.41, 5.74) is 0.941. The third kappa shape index (κ3) is 2.97. The van der Waals surface area contributed by atoms with Gasteiger partial charge in [-0.3, -0.25) is 0 Å². The summed E-state index contributed by atoms with van der Waals surface area (Å²) < 4.78 is 16.3. The van der Waals surface area contributed by atoms with Gasteiger partial charge in [0, 0.05) is 5.56 Å². The quantitative estimate of drug-likeness (QED) is 0.873. The zero-order valence-electron chi connectivity index (χ0n) is 10.1. The molecule has 0 saturated carbocycles. The van der Waals surface area contributed by atoms with Crippen LogP contribution in [0, 0.1) is 0 Å². The molecule has 1 aliphatic rings. The maximum atomic E-state index is 9.52. The van der Waals surface area contributed by atoms with Crippen LogP contribution in [0.5, 0.6) is 5.75 Å². The van der Waals surface area contributed by atoms with Crippen molar-refractivity contribution in [2.75, 3.05) is 13.7 Å². The van der Waals surface area contributed by atoms with Crippen molar-refractivity contribution in [2.45, 2.75) is 31.8 Å². The highest BCUT2D eigenvalue weighted by molar-refractivity contribution is 5.27. The molecule has 4 heteroatoms. The van der Waals surface area contributed by atoms with E-state index in [2.05, 4.69) is 0 Å². The van der Waals surface area contributed by atoms with E-state index >= 15 is 0 Å². The number of hydrogen-bond acceptors (Lipinski definition) is 4. The molecule has 0 bridgehead atoms. The van der Waals surface area contributed by atoms with Crippen molar-refractivity contribution in [2.24, 2.45) is 0 Å². The highest BCUT2D eigenvalue weighted by Crippen LogP contribution is 2.28. The number of aliphatic hydroxyl groups is 1. The van der Waals surface area contributed by atoms with Crippen molar-refractivity contribution in [3.8, 4) is 5.75 Å². The maximum Gasteiger partial charge on any atom is 0.184 e. The first kappa shape index (κ1) is 12.4. The second kappa shape index (κ2) is 5.49. The molecule has 0 radical (unpaired) electrons. The van der Waals surface area contributed by atoms with Gasteiger partial charge in [-0.2, -0.15) is 0 Å². The number of ether oxygens (including phenoxy) is 3. The summed E-state index contributed by atoms with van der Waals surface area (Å²) in [6, 6.07) is 7.56. The number of methoxy groups -OCH3 is 1. The topological polar surface area (TPSA) is 47.9 Å². The van der Waals surface area contributed by atoms with Crippen molar-refractivity contribution in [3.05, 3.63) is 29.8 Å². The van der Waals surface area contributed by atoms with Crippen LogP contribution >= 0.6 is 0 Å². The van der Waals surface area contributed by atoms with Gasteiger partial charge in [-0.05, 0) is 25.5 Å². The lowest BCUT2D eigenvalue weighted by atomic mass is 10.1. The van der Waals surface area contributed by atoms with Crippen molar-refractivity contribution in [1.29, 1.82) is 0 Å². The van der Waals surface area contributed by atoms with Gasteiger partial charge in [0.25, 0.3) is 0 Å². The Morgan fingerprint density at radius 2 is 2.06 bits per heavy atom. The molecule has 1 aromatic rings. The predicted molar refractivity (Wildman–Crippen MR) is 62.9 cm³/mol. The molecule has 0 aromatic heterocycles. The fraction of sp³-hybridized carbons (Fsp3) is 0.538. The molecule has 0 amide bonds. The van der Waals surface area contributed by atoms with Crippen LogP contribution in [0.2, 0.25) is 0 Å². The van der Waals surface area contributed by atoms with E-state index in [1.807, 2.05) is 24.3 Å². The first-order valence-electron chi connectivity index (χ1n) is 5.80.